The number of nitrogens with zero attached hydrogens (tertiary/aromatic N) is 2. The number of rotatable bonds is 6. The standard InChI is InChI=1S/C30H23N3O2/c1-35-29-13-7-5-11-27(29)32-30(34)24(18-31)17-25-20-33(28-12-6-4-10-26(25)28)19-21-14-15-22-8-2-3-9-23(22)16-21/h2-17,20H,19H2,1H3,(H,32,34)/b24-17-. The van der Waals surface area contributed by atoms with Crippen molar-refractivity contribution in [2.24, 2.45) is 0 Å². The van der Waals surface area contributed by atoms with Crippen LogP contribution in [0.3, 0.4) is 0 Å². The monoisotopic (exact) mass is 457 g/mol. The maximum atomic E-state index is 12.9. The minimum Gasteiger partial charge on any atom is -0.495 e. The lowest BCUT2D eigenvalue weighted by Gasteiger charge is -2.09. The smallest absolute Gasteiger partial charge is 0.266 e. The van der Waals surface area contributed by atoms with E-state index in [1.54, 1.807) is 24.3 Å². The highest BCUT2D eigenvalue weighted by Gasteiger charge is 2.14. The van der Waals surface area contributed by atoms with Gasteiger partial charge in [-0.15, -0.1) is 0 Å². The van der Waals surface area contributed by atoms with Gasteiger partial charge in [-0.3, -0.25) is 4.79 Å². The van der Waals surface area contributed by atoms with E-state index in [0.29, 0.717) is 18.0 Å². The zero-order valence-electron chi connectivity index (χ0n) is 19.2. The predicted octanol–water partition coefficient (Wildman–Crippen LogP) is 6.40. The molecule has 5 heteroatoms. The molecule has 5 rings (SSSR count). The number of carbonyl (C=O) groups is 1. The SMILES string of the molecule is COc1ccccc1NC(=O)/C(C#N)=C\c1cn(Cc2ccc3ccccc3c2)c2ccccc12. The number of aromatic nitrogens is 1. The molecule has 4 aromatic carbocycles. The molecule has 35 heavy (non-hydrogen) atoms. The fraction of sp³-hybridized carbons (Fsp3) is 0.0667. The molecule has 0 saturated heterocycles. The predicted molar refractivity (Wildman–Crippen MR) is 140 cm³/mol. The van der Waals surface area contributed by atoms with Gasteiger partial charge in [-0.25, -0.2) is 0 Å². The molecule has 0 aliphatic heterocycles. The van der Waals surface area contributed by atoms with Crippen LogP contribution in [0.25, 0.3) is 27.8 Å². The summed E-state index contributed by atoms with van der Waals surface area (Å²) in [5.74, 6) is 0.0495. The van der Waals surface area contributed by atoms with Gasteiger partial charge in [-0.05, 0) is 46.7 Å². The zero-order valence-corrected chi connectivity index (χ0v) is 19.2. The summed E-state index contributed by atoms with van der Waals surface area (Å²) in [6.45, 7) is 0.675. The number of ether oxygens (including phenoxy) is 1. The van der Waals surface area contributed by atoms with Gasteiger partial charge in [0.25, 0.3) is 5.91 Å². The van der Waals surface area contributed by atoms with Crippen LogP contribution in [0.2, 0.25) is 0 Å². The first-order valence-electron chi connectivity index (χ1n) is 11.3. The molecule has 0 spiro atoms. The van der Waals surface area contributed by atoms with Gasteiger partial charge < -0.3 is 14.6 Å². The van der Waals surface area contributed by atoms with Crippen LogP contribution in [-0.4, -0.2) is 17.6 Å². The molecule has 5 aromatic rings. The van der Waals surface area contributed by atoms with E-state index in [0.717, 1.165) is 16.5 Å². The Morgan fingerprint density at radius 2 is 1.71 bits per heavy atom. The van der Waals surface area contributed by atoms with Crippen molar-refractivity contribution >= 4 is 39.3 Å². The van der Waals surface area contributed by atoms with E-state index in [4.69, 9.17) is 4.74 Å². The molecule has 0 unspecified atom stereocenters. The second-order valence-electron chi connectivity index (χ2n) is 8.24. The first-order valence-corrected chi connectivity index (χ1v) is 11.3. The van der Waals surface area contributed by atoms with Gasteiger partial charge in [-0.2, -0.15) is 5.26 Å². The Bertz CT molecular complexity index is 1620. The topological polar surface area (TPSA) is 67.0 Å². The van der Waals surface area contributed by atoms with E-state index in [9.17, 15) is 10.1 Å². The first-order chi connectivity index (χ1) is 17.2. The van der Waals surface area contributed by atoms with Gasteiger partial charge in [0.2, 0.25) is 0 Å². The van der Waals surface area contributed by atoms with Crippen molar-refractivity contribution in [1.29, 1.82) is 5.26 Å². The second-order valence-corrected chi connectivity index (χ2v) is 8.24. The first kappa shape index (κ1) is 22.0. The molecule has 0 saturated carbocycles. The van der Waals surface area contributed by atoms with Crippen molar-refractivity contribution in [1.82, 2.24) is 4.57 Å². The van der Waals surface area contributed by atoms with Crippen LogP contribution in [0.1, 0.15) is 11.1 Å². The summed E-state index contributed by atoms with van der Waals surface area (Å²) in [5, 5.41) is 15.9. The van der Waals surface area contributed by atoms with Crippen molar-refractivity contribution in [2.45, 2.75) is 6.54 Å². The number of anilines is 1. The molecule has 1 amide bonds. The summed E-state index contributed by atoms with van der Waals surface area (Å²) in [6.07, 6.45) is 3.64. The quantitative estimate of drug-likeness (QED) is 0.237. The third-order valence-corrected chi connectivity index (χ3v) is 6.01. The third kappa shape index (κ3) is 4.50. The maximum absolute atomic E-state index is 12.9. The van der Waals surface area contributed by atoms with Crippen LogP contribution >= 0.6 is 0 Å². The van der Waals surface area contributed by atoms with Crippen LogP contribution < -0.4 is 10.1 Å². The van der Waals surface area contributed by atoms with E-state index in [2.05, 4.69) is 52.4 Å². The van der Waals surface area contributed by atoms with Gasteiger partial charge in [0.15, 0.2) is 0 Å². The number of carbonyl (C=O) groups excluding carboxylic acids is 1. The number of nitrogens with one attached hydrogen (secondary N) is 1. The molecule has 0 radical (unpaired) electrons. The number of fused-ring (bicyclic) bond motifs is 2. The van der Waals surface area contributed by atoms with Crippen LogP contribution in [-0.2, 0) is 11.3 Å². The lowest BCUT2D eigenvalue weighted by molar-refractivity contribution is -0.112. The molecular formula is C30H23N3O2. The second kappa shape index (κ2) is 9.58. The Morgan fingerprint density at radius 1 is 0.971 bits per heavy atom. The Labute approximate surface area is 203 Å². The van der Waals surface area contributed by atoms with Gasteiger partial charge in [0.1, 0.15) is 17.4 Å². The highest BCUT2D eigenvalue weighted by atomic mass is 16.5. The lowest BCUT2D eigenvalue weighted by Crippen LogP contribution is -2.14. The summed E-state index contributed by atoms with van der Waals surface area (Å²) in [4.78, 5) is 12.9. The Morgan fingerprint density at radius 3 is 2.54 bits per heavy atom. The Hall–Kier alpha value is -4.82. The minimum absolute atomic E-state index is 0.0181. The van der Waals surface area contributed by atoms with Crippen molar-refractivity contribution in [3.8, 4) is 11.8 Å². The van der Waals surface area contributed by atoms with Crippen molar-refractivity contribution < 1.29 is 9.53 Å². The molecule has 1 N–H and O–H groups in total. The zero-order chi connectivity index (χ0) is 24.2. The molecule has 0 bridgehead atoms. The molecule has 5 nitrogen and oxygen atoms in total. The summed E-state index contributed by atoms with van der Waals surface area (Å²) >= 11 is 0. The third-order valence-electron chi connectivity index (χ3n) is 6.01. The highest BCUT2D eigenvalue weighted by Crippen LogP contribution is 2.27. The molecule has 0 fully saturated rings. The van der Waals surface area contributed by atoms with E-state index in [-0.39, 0.29) is 5.57 Å². The molecular weight excluding hydrogens is 434 g/mol. The van der Waals surface area contributed by atoms with E-state index in [1.165, 1.54) is 23.4 Å². The van der Waals surface area contributed by atoms with Gasteiger partial charge in [0, 0.05) is 29.2 Å². The van der Waals surface area contributed by atoms with E-state index < -0.39 is 5.91 Å². The number of methoxy groups -OCH3 is 1. The summed E-state index contributed by atoms with van der Waals surface area (Å²) in [5.41, 5.74) is 3.56. The lowest BCUT2D eigenvalue weighted by atomic mass is 10.1. The normalized spacial score (nSPS) is 11.4. The van der Waals surface area contributed by atoms with Crippen molar-refractivity contribution in [3.63, 3.8) is 0 Å². The van der Waals surface area contributed by atoms with Crippen LogP contribution in [0.15, 0.2) is 103 Å². The largest absolute Gasteiger partial charge is 0.495 e. The Kier molecular flexibility index (Phi) is 6.02. The number of benzene rings is 4. The van der Waals surface area contributed by atoms with Crippen molar-refractivity contribution in [3.05, 3.63) is 114 Å². The summed E-state index contributed by atoms with van der Waals surface area (Å²) < 4.78 is 7.45. The van der Waals surface area contributed by atoms with Gasteiger partial charge in [0.05, 0.1) is 12.8 Å². The van der Waals surface area contributed by atoms with Crippen LogP contribution in [0.4, 0.5) is 5.69 Å². The van der Waals surface area contributed by atoms with Crippen molar-refractivity contribution in [2.75, 3.05) is 12.4 Å². The summed E-state index contributed by atoms with van der Waals surface area (Å²) in [7, 11) is 1.54. The molecule has 0 aliphatic carbocycles. The minimum atomic E-state index is -0.483. The van der Waals surface area contributed by atoms with Gasteiger partial charge in [-0.1, -0.05) is 66.7 Å². The number of para-hydroxylation sites is 3. The van der Waals surface area contributed by atoms with Gasteiger partial charge >= 0.3 is 0 Å². The fourth-order valence-electron chi connectivity index (χ4n) is 4.30. The average molecular weight is 458 g/mol. The molecule has 1 heterocycles. The number of nitriles is 1. The molecule has 0 atom stereocenters. The Balaban J connectivity index is 1.49. The molecule has 170 valence electrons. The molecule has 1 aromatic heterocycles. The average Bonchev–Trinajstić information content (AvgIpc) is 3.24. The summed E-state index contributed by atoms with van der Waals surface area (Å²) in [6, 6.07) is 31.9. The van der Waals surface area contributed by atoms with E-state index >= 15 is 0 Å². The number of amides is 1. The van der Waals surface area contributed by atoms with Crippen LogP contribution in [0.5, 0.6) is 5.75 Å². The fourth-order valence-corrected chi connectivity index (χ4v) is 4.30. The van der Waals surface area contributed by atoms with E-state index in [1.807, 2.05) is 42.6 Å². The number of hydrogen-bond acceptors (Lipinski definition) is 3. The number of hydrogen-bond donors (Lipinski definition) is 1. The maximum Gasteiger partial charge on any atom is 0.266 e. The van der Waals surface area contributed by atoms with Crippen LogP contribution in [0, 0.1) is 11.3 Å². The molecule has 0 aliphatic rings. The highest BCUT2D eigenvalue weighted by molar-refractivity contribution is 6.11.